The molecule has 1 amide bonds. The molecule has 2 aliphatic rings. The second kappa shape index (κ2) is 6.61. The number of hydrogen-bond acceptors (Lipinski definition) is 4. The van der Waals surface area contributed by atoms with Gasteiger partial charge in [-0.2, -0.15) is 0 Å². The number of para-hydroxylation sites is 1. The molecule has 2 fully saturated rings. The zero-order chi connectivity index (χ0) is 16.4. The smallest absolute Gasteiger partial charge is 0.244 e. The molecular weight excluding hydrogens is 300 g/mol. The topological polar surface area (TPSA) is 39.7 Å². The van der Waals surface area contributed by atoms with Gasteiger partial charge >= 0.3 is 0 Å². The van der Waals surface area contributed by atoms with E-state index in [2.05, 4.69) is 14.8 Å². The first-order chi connectivity index (χ1) is 11.8. The van der Waals surface area contributed by atoms with Gasteiger partial charge in [-0.25, -0.2) is 4.98 Å². The van der Waals surface area contributed by atoms with Gasteiger partial charge in [0.05, 0.1) is 6.04 Å². The van der Waals surface area contributed by atoms with Crippen molar-refractivity contribution in [3.05, 3.63) is 54.7 Å². The molecule has 0 bridgehead atoms. The monoisotopic (exact) mass is 322 g/mol. The molecule has 1 unspecified atom stereocenters. The molecule has 2 saturated heterocycles. The maximum absolute atomic E-state index is 12.8. The van der Waals surface area contributed by atoms with Crippen molar-refractivity contribution < 1.29 is 4.79 Å². The summed E-state index contributed by atoms with van der Waals surface area (Å²) >= 11 is 0. The third kappa shape index (κ3) is 2.87. The van der Waals surface area contributed by atoms with Crippen LogP contribution in [-0.4, -0.2) is 54.6 Å². The van der Waals surface area contributed by atoms with E-state index < -0.39 is 0 Å². The predicted molar refractivity (Wildman–Crippen MR) is 95.2 cm³/mol. The van der Waals surface area contributed by atoms with E-state index in [-0.39, 0.29) is 11.9 Å². The Hall–Kier alpha value is -2.40. The fraction of sp³-hybridized carbons (Fsp3) is 0.368. The van der Waals surface area contributed by atoms with Crippen LogP contribution in [0.3, 0.4) is 0 Å². The van der Waals surface area contributed by atoms with Crippen LogP contribution < -0.4 is 9.80 Å². The summed E-state index contributed by atoms with van der Waals surface area (Å²) in [5.41, 5.74) is 1.01. The molecule has 2 aromatic rings. The van der Waals surface area contributed by atoms with Gasteiger partial charge in [0.1, 0.15) is 5.82 Å². The Labute approximate surface area is 142 Å². The minimum atomic E-state index is 0.0242. The highest BCUT2D eigenvalue weighted by molar-refractivity contribution is 5.99. The molecule has 24 heavy (non-hydrogen) atoms. The molecule has 4 rings (SSSR count). The number of carbonyl (C=O) groups excluding carboxylic acids is 1. The van der Waals surface area contributed by atoms with Crippen molar-refractivity contribution in [3.8, 4) is 0 Å². The van der Waals surface area contributed by atoms with Crippen LogP contribution in [0.1, 0.15) is 6.42 Å². The number of pyridine rings is 1. The van der Waals surface area contributed by atoms with Gasteiger partial charge in [0, 0.05) is 44.6 Å². The molecule has 3 heterocycles. The van der Waals surface area contributed by atoms with Crippen LogP contribution in [0, 0.1) is 0 Å². The lowest BCUT2D eigenvalue weighted by Crippen LogP contribution is -2.52. The second-order valence-corrected chi connectivity index (χ2v) is 6.34. The minimum Gasteiger partial charge on any atom is -0.354 e. The lowest BCUT2D eigenvalue weighted by atomic mass is 10.2. The maximum atomic E-state index is 12.8. The number of carbonyl (C=O) groups is 1. The largest absolute Gasteiger partial charge is 0.354 e. The Bertz CT molecular complexity index is 683. The third-order valence-electron chi connectivity index (χ3n) is 4.97. The van der Waals surface area contributed by atoms with Crippen molar-refractivity contribution in [2.45, 2.75) is 12.5 Å². The van der Waals surface area contributed by atoms with Crippen LogP contribution in [0.25, 0.3) is 0 Å². The molecule has 0 saturated carbocycles. The van der Waals surface area contributed by atoms with Crippen molar-refractivity contribution in [2.75, 3.05) is 42.5 Å². The van der Waals surface area contributed by atoms with E-state index in [1.165, 1.54) is 0 Å². The third-order valence-corrected chi connectivity index (χ3v) is 4.97. The van der Waals surface area contributed by atoms with E-state index in [1.54, 1.807) is 0 Å². The van der Waals surface area contributed by atoms with E-state index in [1.807, 2.05) is 59.6 Å². The fourth-order valence-corrected chi connectivity index (χ4v) is 3.67. The highest BCUT2D eigenvalue weighted by Gasteiger charge is 2.37. The number of anilines is 2. The Morgan fingerprint density at radius 3 is 2.33 bits per heavy atom. The molecule has 1 aromatic carbocycles. The van der Waals surface area contributed by atoms with Gasteiger partial charge in [0.2, 0.25) is 5.91 Å². The SMILES string of the molecule is O=C1C(N2CCN(c3ccccn3)CC2)CCN1c1ccccc1. The summed E-state index contributed by atoms with van der Waals surface area (Å²) in [5, 5.41) is 0. The van der Waals surface area contributed by atoms with E-state index in [4.69, 9.17) is 0 Å². The lowest BCUT2D eigenvalue weighted by Gasteiger charge is -2.37. The normalized spacial score (nSPS) is 22.2. The van der Waals surface area contributed by atoms with Crippen molar-refractivity contribution >= 4 is 17.4 Å². The van der Waals surface area contributed by atoms with Gasteiger partial charge in [0.25, 0.3) is 0 Å². The zero-order valence-electron chi connectivity index (χ0n) is 13.7. The number of nitrogens with zero attached hydrogens (tertiary/aromatic N) is 4. The van der Waals surface area contributed by atoms with Gasteiger partial charge in [-0.1, -0.05) is 24.3 Å². The van der Waals surface area contributed by atoms with Crippen LogP contribution in [0.4, 0.5) is 11.5 Å². The Kier molecular flexibility index (Phi) is 4.17. The zero-order valence-corrected chi connectivity index (χ0v) is 13.7. The molecule has 5 nitrogen and oxygen atoms in total. The molecule has 2 aliphatic heterocycles. The van der Waals surface area contributed by atoms with Crippen molar-refractivity contribution in [1.29, 1.82) is 0 Å². The van der Waals surface area contributed by atoms with E-state index in [0.29, 0.717) is 0 Å². The number of aromatic nitrogens is 1. The van der Waals surface area contributed by atoms with E-state index >= 15 is 0 Å². The number of piperazine rings is 1. The number of amides is 1. The maximum Gasteiger partial charge on any atom is 0.244 e. The van der Waals surface area contributed by atoms with Crippen LogP contribution in [0.2, 0.25) is 0 Å². The number of rotatable bonds is 3. The van der Waals surface area contributed by atoms with Crippen molar-refractivity contribution in [3.63, 3.8) is 0 Å². The summed E-state index contributed by atoms with van der Waals surface area (Å²) in [7, 11) is 0. The van der Waals surface area contributed by atoms with Crippen LogP contribution in [0.15, 0.2) is 54.7 Å². The first-order valence-corrected chi connectivity index (χ1v) is 8.59. The molecule has 0 radical (unpaired) electrons. The van der Waals surface area contributed by atoms with Crippen LogP contribution in [0.5, 0.6) is 0 Å². The highest BCUT2D eigenvalue weighted by Crippen LogP contribution is 2.25. The van der Waals surface area contributed by atoms with Gasteiger partial charge in [-0.3, -0.25) is 9.69 Å². The van der Waals surface area contributed by atoms with Crippen molar-refractivity contribution in [2.24, 2.45) is 0 Å². The highest BCUT2D eigenvalue weighted by atomic mass is 16.2. The fourth-order valence-electron chi connectivity index (χ4n) is 3.67. The Morgan fingerprint density at radius 1 is 0.875 bits per heavy atom. The first-order valence-electron chi connectivity index (χ1n) is 8.59. The molecule has 1 atom stereocenters. The number of hydrogen-bond donors (Lipinski definition) is 0. The van der Waals surface area contributed by atoms with Gasteiger partial charge < -0.3 is 9.80 Å². The summed E-state index contributed by atoms with van der Waals surface area (Å²) in [4.78, 5) is 23.8. The summed E-state index contributed by atoms with van der Waals surface area (Å²) in [6.07, 6.45) is 2.75. The summed E-state index contributed by atoms with van der Waals surface area (Å²) in [6, 6.07) is 16.0. The molecule has 5 heteroatoms. The Balaban J connectivity index is 1.39. The molecule has 1 aromatic heterocycles. The average Bonchev–Trinajstić information content (AvgIpc) is 3.05. The summed E-state index contributed by atoms with van der Waals surface area (Å²) in [6.45, 7) is 4.48. The van der Waals surface area contributed by atoms with E-state index in [0.717, 1.165) is 50.6 Å². The average molecular weight is 322 g/mol. The Morgan fingerprint density at radius 2 is 1.62 bits per heavy atom. The second-order valence-electron chi connectivity index (χ2n) is 6.34. The van der Waals surface area contributed by atoms with Gasteiger partial charge in [-0.05, 0) is 30.7 Å². The molecule has 124 valence electrons. The first kappa shape index (κ1) is 15.1. The van der Waals surface area contributed by atoms with Gasteiger partial charge in [-0.15, -0.1) is 0 Å². The van der Waals surface area contributed by atoms with Gasteiger partial charge in [0.15, 0.2) is 0 Å². The minimum absolute atomic E-state index is 0.0242. The summed E-state index contributed by atoms with van der Waals surface area (Å²) < 4.78 is 0. The molecule has 0 aliphatic carbocycles. The number of benzene rings is 1. The standard InChI is InChI=1S/C19H22N4O/c24-19-17(9-11-23(19)16-6-2-1-3-7-16)21-12-14-22(15-13-21)18-8-4-5-10-20-18/h1-8,10,17H,9,11-15H2. The van der Waals surface area contributed by atoms with Crippen LogP contribution in [-0.2, 0) is 4.79 Å². The quantitative estimate of drug-likeness (QED) is 0.867. The lowest BCUT2D eigenvalue weighted by molar-refractivity contribution is -0.121. The molecular formula is C19H22N4O. The summed E-state index contributed by atoms with van der Waals surface area (Å²) in [5.74, 6) is 1.27. The van der Waals surface area contributed by atoms with Crippen molar-refractivity contribution in [1.82, 2.24) is 9.88 Å². The molecule has 0 spiro atoms. The van der Waals surface area contributed by atoms with Crippen LogP contribution >= 0.6 is 0 Å². The predicted octanol–water partition coefficient (Wildman–Crippen LogP) is 2.01. The van der Waals surface area contributed by atoms with E-state index in [9.17, 15) is 4.79 Å². The molecule has 0 N–H and O–H groups in total.